The lowest BCUT2D eigenvalue weighted by Crippen LogP contribution is -2.19. The molecular weight excluding hydrogens is 408 g/mol. The van der Waals surface area contributed by atoms with E-state index in [1.807, 2.05) is 12.1 Å². The summed E-state index contributed by atoms with van der Waals surface area (Å²) in [6, 6.07) is 13.4. The standard InChI is InChI=1S/C20H20N4O3S2/c1-2-19(25)22-15-7-9-17(10-8-15)29(26,27)23-16-5-3-14(4-6-16)18-13-28-20-21-11-12-24(18)20/h3-10,13,23H,2,11-12H2,1H3,(H,22,25). The van der Waals surface area contributed by atoms with Gasteiger partial charge in [-0.1, -0.05) is 30.8 Å². The van der Waals surface area contributed by atoms with Crippen molar-refractivity contribution in [2.45, 2.75) is 18.2 Å². The average molecular weight is 429 g/mol. The van der Waals surface area contributed by atoms with Crippen molar-refractivity contribution in [2.24, 2.45) is 4.99 Å². The maximum atomic E-state index is 12.6. The number of sulfonamides is 1. The molecule has 9 heteroatoms. The third-order valence-electron chi connectivity index (χ3n) is 4.57. The second-order valence-electron chi connectivity index (χ2n) is 6.55. The molecule has 0 radical (unpaired) electrons. The van der Waals surface area contributed by atoms with Crippen LogP contribution in [-0.4, -0.2) is 37.5 Å². The maximum absolute atomic E-state index is 12.6. The predicted octanol–water partition coefficient (Wildman–Crippen LogP) is 3.55. The number of aliphatic imine (C=N–C) groups is 1. The Morgan fingerprint density at radius 3 is 2.48 bits per heavy atom. The van der Waals surface area contributed by atoms with Crippen LogP contribution in [0, 0.1) is 0 Å². The summed E-state index contributed by atoms with van der Waals surface area (Å²) in [5.41, 5.74) is 3.15. The third kappa shape index (κ3) is 4.15. The van der Waals surface area contributed by atoms with E-state index >= 15 is 0 Å². The highest BCUT2D eigenvalue weighted by Gasteiger charge is 2.27. The van der Waals surface area contributed by atoms with Crippen molar-refractivity contribution in [2.75, 3.05) is 23.1 Å². The van der Waals surface area contributed by atoms with Crippen molar-refractivity contribution in [3.05, 3.63) is 59.5 Å². The molecular formula is C20H20N4O3S2. The van der Waals surface area contributed by atoms with Gasteiger partial charge in [-0.15, -0.1) is 0 Å². The van der Waals surface area contributed by atoms with Gasteiger partial charge in [0, 0.05) is 29.7 Å². The van der Waals surface area contributed by atoms with Crippen molar-refractivity contribution in [3.63, 3.8) is 0 Å². The van der Waals surface area contributed by atoms with Crippen LogP contribution < -0.4 is 10.0 Å². The number of hydrogen-bond acceptors (Lipinski definition) is 6. The van der Waals surface area contributed by atoms with E-state index in [4.69, 9.17) is 0 Å². The molecule has 0 aromatic heterocycles. The van der Waals surface area contributed by atoms with E-state index in [-0.39, 0.29) is 10.8 Å². The molecule has 29 heavy (non-hydrogen) atoms. The van der Waals surface area contributed by atoms with Crippen LogP contribution in [0.2, 0.25) is 0 Å². The summed E-state index contributed by atoms with van der Waals surface area (Å²) in [5.74, 6) is -0.123. The van der Waals surface area contributed by atoms with E-state index in [0.29, 0.717) is 17.8 Å². The van der Waals surface area contributed by atoms with Crippen LogP contribution in [-0.2, 0) is 14.8 Å². The molecule has 4 rings (SSSR count). The minimum atomic E-state index is -3.72. The zero-order valence-electron chi connectivity index (χ0n) is 15.8. The lowest BCUT2D eigenvalue weighted by molar-refractivity contribution is -0.115. The molecule has 0 aliphatic carbocycles. The normalized spacial score (nSPS) is 15.6. The van der Waals surface area contributed by atoms with Crippen molar-refractivity contribution < 1.29 is 13.2 Å². The van der Waals surface area contributed by atoms with Crippen molar-refractivity contribution in [1.29, 1.82) is 0 Å². The lowest BCUT2D eigenvalue weighted by Gasteiger charge is -2.17. The fraction of sp³-hybridized carbons (Fsp3) is 0.200. The molecule has 0 fully saturated rings. The molecule has 2 heterocycles. The Kier molecular flexibility index (Phi) is 5.33. The Balaban J connectivity index is 1.45. The first-order chi connectivity index (χ1) is 14.0. The first kappa shape index (κ1) is 19.5. The molecule has 2 aromatic carbocycles. The SMILES string of the molecule is CCC(=O)Nc1ccc(S(=O)(=O)Nc2ccc(C3=CSC4=NCCN34)cc2)cc1. The number of fused-ring (bicyclic) bond motifs is 1. The quantitative estimate of drug-likeness (QED) is 0.734. The van der Waals surface area contributed by atoms with Gasteiger partial charge in [0.25, 0.3) is 10.0 Å². The summed E-state index contributed by atoms with van der Waals surface area (Å²) < 4.78 is 27.9. The Hall–Kier alpha value is -2.78. The van der Waals surface area contributed by atoms with Gasteiger partial charge in [0.15, 0.2) is 5.17 Å². The van der Waals surface area contributed by atoms with E-state index in [0.717, 1.165) is 29.5 Å². The van der Waals surface area contributed by atoms with Crippen molar-refractivity contribution in [1.82, 2.24) is 4.90 Å². The Labute approximate surface area is 174 Å². The highest BCUT2D eigenvalue weighted by molar-refractivity contribution is 8.16. The van der Waals surface area contributed by atoms with Gasteiger partial charge in [-0.25, -0.2) is 8.42 Å². The van der Waals surface area contributed by atoms with Gasteiger partial charge in [0.05, 0.1) is 17.1 Å². The third-order valence-corrected chi connectivity index (χ3v) is 6.87. The van der Waals surface area contributed by atoms with Gasteiger partial charge in [0.2, 0.25) is 5.91 Å². The van der Waals surface area contributed by atoms with E-state index in [1.54, 1.807) is 43.0 Å². The predicted molar refractivity (Wildman–Crippen MR) is 117 cm³/mol. The highest BCUT2D eigenvalue weighted by Crippen LogP contribution is 2.35. The molecule has 150 valence electrons. The van der Waals surface area contributed by atoms with E-state index in [1.165, 1.54) is 12.1 Å². The fourth-order valence-electron chi connectivity index (χ4n) is 3.04. The number of rotatable bonds is 6. The maximum Gasteiger partial charge on any atom is 0.261 e. The Bertz CT molecular complexity index is 1090. The number of carbonyl (C=O) groups is 1. The second kappa shape index (κ2) is 7.92. The zero-order valence-corrected chi connectivity index (χ0v) is 17.4. The number of carbonyl (C=O) groups excluding carboxylic acids is 1. The number of nitrogens with one attached hydrogen (secondary N) is 2. The molecule has 7 nitrogen and oxygen atoms in total. The zero-order chi connectivity index (χ0) is 20.4. The van der Waals surface area contributed by atoms with E-state index in [9.17, 15) is 13.2 Å². The number of benzene rings is 2. The number of nitrogens with zero attached hydrogens (tertiary/aromatic N) is 2. The summed E-state index contributed by atoms with van der Waals surface area (Å²) in [7, 11) is -3.72. The second-order valence-corrected chi connectivity index (χ2v) is 9.06. The number of anilines is 2. The van der Waals surface area contributed by atoms with Gasteiger partial charge < -0.3 is 10.2 Å². The largest absolute Gasteiger partial charge is 0.326 e. The smallest absolute Gasteiger partial charge is 0.261 e. The minimum absolute atomic E-state index is 0.123. The number of hydrogen-bond donors (Lipinski definition) is 2. The summed E-state index contributed by atoms with van der Waals surface area (Å²) in [6.07, 6.45) is 0.360. The van der Waals surface area contributed by atoms with Crippen molar-refractivity contribution >= 4 is 49.9 Å². The van der Waals surface area contributed by atoms with E-state index < -0.39 is 10.0 Å². The molecule has 0 atom stereocenters. The van der Waals surface area contributed by atoms with Crippen LogP contribution in [0.4, 0.5) is 11.4 Å². The van der Waals surface area contributed by atoms with Crippen LogP contribution in [0.1, 0.15) is 18.9 Å². The molecule has 0 saturated heterocycles. The molecule has 2 aliphatic heterocycles. The van der Waals surface area contributed by atoms with Crippen LogP contribution >= 0.6 is 11.8 Å². The fourth-order valence-corrected chi connectivity index (χ4v) is 5.06. The highest BCUT2D eigenvalue weighted by atomic mass is 32.2. The minimum Gasteiger partial charge on any atom is -0.326 e. The number of amides is 1. The molecule has 2 aromatic rings. The van der Waals surface area contributed by atoms with Crippen LogP contribution in [0.3, 0.4) is 0 Å². The molecule has 0 unspecified atom stereocenters. The van der Waals surface area contributed by atoms with Gasteiger partial charge in [-0.05, 0) is 42.0 Å². The monoisotopic (exact) mass is 428 g/mol. The van der Waals surface area contributed by atoms with Crippen molar-refractivity contribution in [3.8, 4) is 0 Å². The molecule has 0 bridgehead atoms. The topological polar surface area (TPSA) is 90.9 Å². The summed E-state index contributed by atoms with van der Waals surface area (Å²) >= 11 is 1.61. The van der Waals surface area contributed by atoms with Crippen LogP contribution in [0.25, 0.3) is 5.70 Å². The van der Waals surface area contributed by atoms with E-state index in [2.05, 4.69) is 25.3 Å². The van der Waals surface area contributed by atoms with Gasteiger partial charge in [-0.2, -0.15) is 0 Å². The average Bonchev–Trinajstić information content (AvgIpc) is 3.33. The molecule has 1 amide bonds. The molecule has 2 N–H and O–H groups in total. The lowest BCUT2D eigenvalue weighted by atomic mass is 10.1. The van der Waals surface area contributed by atoms with Crippen LogP contribution in [0.5, 0.6) is 0 Å². The Morgan fingerprint density at radius 1 is 1.10 bits per heavy atom. The van der Waals surface area contributed by atoms with Gasteiger partial charge in [0.1, 0.15) is 0 Å². The molecule has 0 saturated carbocycles. The summed E-state index contributed by atoms with van der Waals surface area (Å²) in [5, 5.41) is 5.78. The number of thioether (sulfide) groups is 1. The first-order valence-electron chi connectivity index (χ1n) is 9.18. The van der Waals surface area contributed by atoms with Crippen LogP contribution in [0.15, 0.2) is 63.8 Å². The van der Waals surface area contributed by atoms with Gasteiger partial charge in [-0.3, -0.25) is 14.5 Å². The first-order valence-corrected chi connectivity index (χ1v) is 11.5. The molecule has 2 aliphatic rings. The summed E-state index contributed by atoms with van der Waals surface area (Å²) in [6.45, 7) is 3.43. The Morgan fingerprint density at radius 2 is 1.79 bits per heavy atom. The molecule has 0 spiro atoms. The number of amidine groups is 1. The summed E-state index contributed by atoms with van der Waals surface area (Å²) in [4.78, 5) is 18.2. The van der Waals surface area contributed by atoms with Gasteiger partial charge >= 0.3 is 0 Å².